The minimum atomic E-state index is -1.09. The summed E-state index contributed by atoms with van der Waals surface area (Å²) in [6.07, 6.45) is 0. The van der Waals surface area contributed by atoms with Crippen molar-refractivity contribution < 1.29 is 0 Å². The molecule has 8 heteroatoms. The summed E-state index contributed by atoms with van der Waals surface area (Å²) in [5.74, 6) is 0. The lowest BCUT2D eigenvalue weighted by molar-refractivity contribution is 0.449. The Morgan fingerprint density at radius 1 is 0.968 bits per heavy atom. The summed E-state index contributed by atoms with van der Waals surface area (Å²) in [4.78, 5) is 3.11. The van der Waals surface area contributed by atoms with Crippen molar-refractivity contribution >= 4 is 60.1 Å². The van der Waals surface area contributed by atoms with Gasteiger partial charge in [0.05, 0.1) is 24.5 Å². The first-order valence-electron chi connectivity index (χ1n) is 10.3. The van der Waals surface area contributed by atoms with Gasteiger partial charge in [0.1, 0.15) is 10.7 Å². The Kier molecular flexibility index (Phi) is 6.53. The summed E-state index contributed by atoms with van der Waals surface area (Å²) in [6.45, 7) is 8.98. The summed E-state index contributed by atoms with van der Waals surface area (Å²) >= 11 is 24.8. The molecule has 1 fully saturated rings. The summed E-state index contributed by atoms with van der Waals surface area (Å²) in [6, 6.07) is 15.7. The van der Waals surface area contributed by atoms with Crippen LogP contribution in [0.3, 0.4) is 0 Å². The Balaban J connectivity index is 1.82. The van der Waals surface area contributed by atoms with Crippen molar-refractivity contribution in [3.05, 3.63) is 68.8 Å². The highest BCUT2D eigenvalue weighted by Crippen LogP contribution is 2.34. The molecule has 0 atom stereocenters. The van der Waals surface area contributed by atoms with Gasteiger partial charge in [-0.2, -0.15) is 5.10 Å². The molecule has 0 N–H and O–H groups in total. The Hall–Kier alpha value is -1.37. The van der Waals surface area contributed by atoms with Gasteiger partial charge in [-0.15, -0.1) is 0 Å². The molecule has 1 aromatic heterocycles. The van der Waals surface area contributed by atoms with E-state index in [4.69, 9.17) is 52.1 Å². The van der Waals surface area contributed by atoms with Crippen LogP contribution in [0, 0.1) is 6.92 Å². The molecule has 162 valence electrons. The average molecular weight is 509 g/mol. The zero-order valence-corrected chi connectivity index (χ0v) is 21.8. The molecule has 3 nitrogen and oxygen atoms in total. The predicted octanol–water partition coefficient (Wildman–Crippen LogP) is 7.51. The van der Waals surface area contributed by atoms with E-state index in [0.29, 0.717) is 15.1 Å². The molecule has 4 rings (SSSR count). The zero-order chi connectivity index (χ0) is 22.3. The quantitative estimate of drug-likeness (QED) is 0.270. The van der Waals surface area contributed by atoms with Crippen LogP contribution in [0.2, 0.25) is 40.3 Å². The molecule has 1 aliphatic heterocycles. The molecule has 0 aliphatic carbocycles. The van der Waals surface area contributed by atoms with Gasteiger partial charge >= 0.3 is 0 Å². The maximum Gasteiger partial charge on any atom is 0.130 e. The van der Waals surface area contributed by atoms with Gasteiger partial charge in [0.2, 0.25) is 0 Å². The molecule has 2 aromatic carbocycles. The van der Waals surface area contributed by atoms with Gasteiger partial charge in [-0.1, -0.05) is 72.2 Å². The van der Waals surface area contributed by atoms with Crippen LogP contribution in [0.4, 0.5) is 0 Å². The molecule has 31 heavy (non-hydrogen) atoms. The number of thiocarbonyl (C=S) groups is 1. The van der Waals surface area contributed by atoms with E-state index in [1.54, 1.807) is 6.07 Å². The Bertz CT molecular complexity index is 1130. The first-order chi connectivity index (χ1) is 14.7. The fourth-order valence-electron chi connectivity index (χ4n) is 3.94. The highest BCUT2D eigenvalue weighted by atomic mass is 35.5. The lowest BCUT2D eigenvalue weighted by atomic mass is 10.1. The van der Waals surface area contributed by atoms with Gasteiger partial charge in [0, 0.05) is 34.3 Å². The van der Waals surface area contributed by atoms with Crippen molar-refractivity contribution in [3.63, 3.8) is 0 Å². The van der Waals surface area contributed by atoms with Crippen LogP contribution >= 0.6 is 47.0 Å². The molecular weight excluding hydrogens is 485 g/mol. The second-order valence-corrected chi connectivity index (χ2v) is 15.8. The van der Waals surface area contributed by atoms with Crippen LogP contribution < -0.4 is 0 Å². The van der Waals surface area contributed by atoms with Gasteiger partial charge < -0.3 is 4.90 Å². The van der Waals surface area contributed by atoms with Crippen LogP contribution in [-0.2, 0) is 0 Å². The molecule has 0 amide bonds. The maximum absolute atomic E-state index is 6.56. The lowest BCUT2D eigenvalue weighted by Gasteiger charge is -2.36. The third-order valence-electron chi connectivity index (χ3n) is 5.98. The largest absolute Gasteiger partial charge is 0.362 e. The third-order valence-corrected chi connectivity index (χ3v) is 10.4. The number of nitrogens with zero attached hydrogens (tertiary/aromatic N) is 3. The third kappa shape index (κ3) is 4.71. The van der Waals surface area contributed by atoms with E-state index in [1.165, 1.54) is 12.1 Å². The fourth-order valence-corrected chi connectivity index (χ4v) is 6.93. The predicted molar refractivity (Wildman–Crippen MR) is 139 cm³/mol. The molecule has 3 aromatic rings. The lowest BCUT2D eigenvalue weighted by Crippen LogP contribution is -2.45. The van der Waals surface area contributed by atoms with E-state index in [-0.39, 0.29) is 0 Å². The monoisotopic (exact) mass is 507 g/mol. The second kappa shape index (κ2) is 8.87. The van der Waals surface area contributed by atoms with E-state index < -0.39 is 8.07 Å². The van der Waals surface area contributed by atoms with Crippen molar-refractivity contribution in [2.24, 2.45) is 0 Å². The number of halogens is 3. The SMILES string of the molecule is Cc1c(C(=S)N2CC[Si](C)(C)CC2)nn(-c2ccc(Cl)cc2Cl)c1-c1ccc(Cl)cc1. The molecule has 1 saturated heterocycles. The van der Waals surface area contributed by atoms with Crippen LogP contribution in [-0.4, -0.2) is 40.8 Å². The van der Waals surface area contributed by atoms with Crippen LogP contribution in [0.15, 0.2) is 42.5 Å². The van der Waals surface area contributed by atoms with E-state index in [0.717, 1.165) is 46.3 Å². The first kappa shape index (κ1) is 22.8. The van der Waals surface area contributed by atoms with E-state index >= 15 is 0 Å². The van der Waals surface area contributed by atoms with Crippen molar-refractivity contribution in [3.8, 4) is 16.9 Å². The molecule has 0 bridgehead atoms. The average Bonchev–Trinajstić information content (AvgIpc) is 3.05. The van der Waals surface area contributed by atoms with Crippen LogP contribution in [0.1, 0.15) is 11.3 Å². The number of benzene rings is 2. The minimum Gasteiger partial charge on any atom is -0.362 e. The molecule has 1 aliphatic rings. The summed E-state index contributed by atoms with van der Waals surface area (Å²) in [7, 11) is -1.09. The first-order valence-corrected chi connectivity index (χ1v) is 15.2. The summed E-state index contributed by atoms with van der Waals surface area (Å²) in [5, 5.41) is 6.77. The van der Waals surface area contributed by atoms with Crippen LogP contribution in [0.25, 0.3) is 16.9 Å². The number of hydrogen-bond donors (Lipinski definition) is 0. The smallest absolute Gasteiger partial charge is 0.130 e. The molecule has 0 spiro atoms. The van der Waals surface area contributed by atoms with Crippen molar-refractivity contribution in [1.29, 1.82) is 0 Å². The number of hydrogen-bond acceptors (Lipinski definition) is 2. The molecular formula is C23H24Cl3N3SSi. The molecule has 0 saturated carbocycles. The Labute approximate surface area is 204 Å². The van der Waals surface area contributed by atoms with Crippen LogP contribution in [0.5, 0.6) is 0 Å². The van der Waals surface area contributed by atoms with Gasteiger partial charge in [0.25, 0.3) is 0 Å². The van der Waals surface area contributed by atoms with Gasteiger partial charge in [-0.05, 0) is 49.3 Å². The Morgan fingerprint density at radius 3 is 2.19 bits per heavy atom. The van der Waals surface area contributed by atoms with Gasteiger partial charge in [-0.25, -0.2) is 4.68 Å². The fraction of sp³-hybridized carbons (Fsp3) is 0.304. The number of rotatable bonds is 3. The second-order valence-electron chi connectivity index (χ2n) is 8.79. The Morgan fingerprint density at radius 2 is 1.58 bits per heavy atom. The molecule has 0 unspecified atom stereocenters. The maximum atomic E-state index is 6.56. The van der Waals surface area contributed by atoms with E-state index in [1.807, 2.05) is 41.1 Å². The van der Waals surface area contributed by atoms with Crippen molar-refractivity contribution in [2.75, 3.05) is 13.1 Å². The number of aromatic nitrogens is 2. The molecule has 2 heterocycles. The minimum absolute atomic E-state index is 0.536. The normalized spacial score (nSPS) is 15.9. The topological polar surface area (TPSA) is 21.1 Å². The summed E-state index contributed by atoms with van der Waals surface area (Å²) < 4.78 is 1.88. The standard InChI is InChI=1S/C23H24Cl3N3SSi/c1-15-21(23(30)28-10-12-31(2,3)13-11-28)27-29(20-9-8-18(25)14-19(20)26)22(15)16-4-6-17(24)7-5-16/h4-9,14H,10-13H2,1-3H3. The van der Waals surface area contributed by atoms with Crippen molar-refractivity contribution in [2.45, 2.75) is 32.1 Å². The highest BCUT2D eigenvalue weighted by molar-refractivity contribution is 7.80. The van der Waals surface area contributed by atoms with Gasteiger partial charge in [0.15, 0.2) is 0 Å². The van der Waals surface area contributed by atoms with Crippen molar-refractivity contribution in [1.82, 2.24) is 14.7 Å². The van der Waals surface area contributed by atoms with Gasteiger partial charge in [-0.3, -0.25) is 0 Å². The molecule has 0 radical (unpaired) electrons. The summed E-state index contributed by atoms with van der Waals surface area (Å²) in [5.41, 5.74) is 4.57. The van der Waals surface area contributed by atoms with E-state index in [9.17, 15) is 0 Å². The van der Waals surface area contributed by atoms with E-state index in [2.05, 4.69) is 24.9 Å². The highest BCUT2D eigenvalue weighted by Gasteiger charge is 2.31. The zero-order valence-electron chi connectivity index (χ0n) is 17.8.